The molecule has 8 aromatic rings. The molecule has 0 aliphatic heterocycles. The van der Waals surface area contributed by atoms with Gasteiger partial charge < -0.3 is 20.9 Å². The van der Waals surface area contributed by atoms with Gasteiger partial charge in [-0.05, 0) is 163 Å². The van der Waals surface area contributed by atoms with Gasteiger partial charge in [0.2, 0.25) is 0 Å². The van der Waals surface area contributed by atoms with Crippen LogP contribution in [0, 0.1) is 17.4 Å². The minimum absolute atomic E-state index is 1.07. The van der Waals surface area contributed by atoms with Crippen molar-refractivity contribution in [2.45, 2.75) is 13.8 Å². The molecular weight excluding hydrogens is 783 g/mol. The number of nitrogens with zero attached hydrogens (tertiary/aromatic N) is 1. The zero-order chi connectivity index (χ0) is 38.1. The first-order valence-electron chi connectivity index (χ1n) is 18.3. The number of halogens is 1. The van der Waals surface area contributed by atoms with Crippen LogP contribution < -0.4 is 20.9 Å². The van der Waals surface area contributed by atoms with Gasteiger partial charge in [-0.25, -0.2) is 0 Å². The van der Waals surface area contributed by atoms with Gasteiger partial charge in [-0.2, -0.15) is 0 Å². The first-order chi connectivity index (χ1) is 27.0. The fourth-order valence-corrected chi connectivity index (χ4v) is 6.49. The third kappa shape index (κ3) is 12.4. The highest BCUT2D eigenvalue weighted by Gasteiger charge is 2.12. The number of benzene rings is 8. The van der Waals surface area contributed by atoms with E-state index in [-0.39, 0.29) is 0 Å². The maximum absolute atomic E-state index is 3.44. The lowest BCUT2D eigenvalue weighted by molar-refractivity contribution is 1.27. The zero-order valence-electron chi connectivity index (χ0n) is 31.1. The summed E-state index contributed by atoms with van der Waals surface area (Å²) in [5.74, 6) is 0. The molecule has 0 aliphatic carbocycles. The van der Waals surface area contributed by atoms with Gasteiger partial charge in [0.25, 0.3) is 0 Å². The van der Waals surface area contributed by atoms with Gasteiger partial charge in [-0.1, -0.05) is 103 Å². The van der Waals surface area contributed by atoms with E-state index in [2.05, 4.69) is 215 Å². The summed E-state index contributed by atoms with van der Waals surface area (Å²) < 4.78 is 1.31. The maximum atomic E-state index is 3.44. The van der Waals surface area contributed by atoms with Crippen LogP contribution in [0.3, 0.4) is 0 Å². The number of nitrogens with one attached hydrogen (secondary N) is 3. The lowest BCUT2D eigenvalue weighted by Gasteiger charge is -2.26. The van der Waals surface area contributed by atoms with Gasteiger partial charge >= 0.3 is 0 Å². The van der Waals surface area contributed by atoms with Crippen LogP contribution in [0.2, 0.25) is 0 Å². The average molecular weight is 829 g/mol. The Morgan fingerprint density at radius 2 is 0.636 bits per heavy atom. The molecule has 4 nitrogen and oxygen atoms in total. The van der Waals surface area contributed by atoms with Crippen LogP contribution in [0.15, 0.2) is 218 Å². The van der Waals surface area contributed by atoms with Crippen molar-refractivity contribution >= 4 is 73.8 Å². The van der Waals surface area contributed by atoms with Crippen molar-refractivity contribution in [1.82, 2.24) is 0 Å². The third-order valence-electron chi connectivity index (χ3n) is 8.45. The molecule has 8 aromatic carbocycles. The second kappa shape index (κ2) is 20.2. The molecule has 3 N–H and O–H groups in total. The van der Waals surface area contributed by atoms with Crippen LogP contribution in [-0.4, -0.2) is 0 Å². The molecule has 0 amide bonds. The van der Waals surface area contributed by atoms with Gasteiger partial charge in [0.1, 0.15) is 0 Å². The van der Waals surface area contributed by atoms with E-state index < -0.39 is 0 Å². The first kappa shape index (κ1) is 38.4. The number of hydrogen-bond acceptors (Lipinski definition) is 4. The predicted octanol–water partition coefficient (Wildman–Crippen LogP) is 15.0. The van der Waals surface area contributed by atoms with E-state index in [1.165, 1.54) is 14.7 Å². The first-order valence-corrected chi connectivity index (χ1v) is 19.4. The molecule has 0 heterocycles. The molecule has 0 saturated heterocycles. The summed E-state index contributed by atoms with van der Waals surface area (Å²) in [6, 6.07) is 74.8. The third-order valence-corrected chi connectivity index (χ3v) is 9.12. The number of para-hydroxylation sites is 4. The minimum Gasteiger partial charge on any atom is -0.356 e. The van der Waals surface area contributed by atoms with Gasteiger partial charge in [-0.15, -0.1) is 0 Å². The fraction of sp³-hybridized carbons (Fsp3) is 0.0400. The number of rotatable bonds is 9. The lowest BCUT2D eigenvalue weighted by atomic mass is 10.1. The van der Waals surface area contributed by atoms with Crippen molar-refractivity contribution in [3.8, 4) is 0 Å². The van der Waals surface area contributed by atoms with Gasteiger partial charge in [0.05, 0.1) is 0 Å². The van der Waals surface area contributed by atoms with Gasteiger partial charge in [0.15, 0.2) is 0 Å². The van der Waals surface area contributed by atoms with Crippen LogP contribution in [0.25, 0.3) is 0 Å². The van der Waals surface area contributed by atoms with Gasteiger partial charge in [0, 0.05) is 54.8 Å². The van der Waals surface area contributed by atoms with E-state index >= 15 is 0 Å². The highest BCUT2D eigenvalue weighted by Crippen LogP contribution is 2.35. The molecule has 0 radical (unpaired) electrons. The molecule has 0 bridgehead atoms. The highest BCUT2D eigenvalue weighted by atomic mass is 127. The van der Waals surface area contributed by atoms with Crippen LogP contribution in [0.4, 0.5) is 51.2 Å². The Balaban J connectivity index is 0.000000160. The average Bonchev–Trinajstić information content (AvgIpc) is 3.22. The summed E-state index contributed by atoms with van der Waals surface area (Å²) in [5.41, 5.74) is 12.5. The summed E-state index contributed by atoms with van der Waals surface area (Å²) in [7, 11) is 0. The quantitative estimate of drug-likeness (QED) is 0.127. The van der Waals surface area contributed by atoms with Crippen molar-refractivity contribution in [1.29, 1.82) is 0 Å². The molecular formula is C50H45IN4. The second-order valence-electron chi connectivity index (χ2n) is 12.9. The molecule has 0 unspecified atom stereocenters. The van der Waals surface area contributed by atoms with Gasteiger partial charge in [-0.3, -0.25) is 0 Å². The van der Waals surface area contributed by atoms with E-state index in [0.717, 1.165) is 51.2 Å². The maximum Gasteiger partial charge on any atom is 0.0464 e. The number of hydrogen-bond donors (Lipinski definition) is 3. The lowest BCUT2D eigenvalue weighted by Crippen LogP contribution is -2.09. The Bertz CT molecular complexity index is 2220. The zero-order valence-corrected chi connectivity index (χ0v) is 33.3. The normalized spacial score (nSPS) is 10.1. The molecule has 0 saturated carbocycles. The molecule has 0 spiro atoms. The summed E-state index contributed by atoms with van der Waals surface area (Å²) in [4.78, 5) is 2.28. The highest BCUT2D eigenvalue weighted by molar-refractivity contribution is 14.1. The van der Waals surface area contributed by atoms with Crippen molar-refractivity contribution in [2.75, 3.05) is 20.9 Å². The van der Waals surface area contributed by atoms with E-state index in [4.69, 9.17) is 0 Å². The predicted molar refractivity (Wildman–Crippen MR) is 245 cm³/mol. The van der Waals surface area contributed by atoms with E-state index in [0.29, 0.717) is 0 Å². The van der Waals surface area contributed by atoms with Crippen LogP contribution in [0.5, 0.6) is 0 Å². The van der Waals surface area contributed by atoms with Crippen LogP contribution in [-0.2, 0) is 0 Å². The summed E-state index contributed by atoms with van der Waals surface area (Å²) in [5, 5.41) is 10.2. The Morgan fingerprint density at radius 3 is 1.02 bits per heavy atom. The van der Waals surface area contributed by atoms with Crippen LogP contribution >= 0.6 is 22.6 Å². The SMILES string of the molecule is Cc1cccc(I)c1.Cc1cccc(N(c2ccccc2)c2ccc(Nc3ccccc3)cc2)c1.c1ccc(Nc2ccc(Nc3ccccc3)cc2)cc1. The Morgan fingerprint density at radius 1 is 0.309 bits per heavy atom. The van der Waals surface area contributed by atoms with Crippen molar-refractivity contribution in [2.24, 2.45) is 0 Å². The topological polar surface area (TPSA) is 39.3 Å². The van der Waals surface area contributed by atoms with Crippen molar-refractivity contribution in [3.63, 3.8) is 0 Å². The molecule has 5 heteroatoms. The summed E-state index contributed by atoms with van der Waals surface area (Å²) in [6.07, 6.45) is 0. The van der Waals surface area contributed by atoms with E-state index in [1.807, 2.05) is 60.7 Å². The summed E-state index contributed by atoms with van der Waals surface area (Å²) >= 11 is 2.31. The molecule has 0 aromatic heterocycles. The molecule has 55 heavy (non-hydrogen) atoms. The standard InChI is InChI=1S/C25H22N2.C18H16N2.C7H7I/c1-20-9-8-14-25(19-20)27(23-12-6-3-7-13-23)24-17-15-22(16-18-24)26-21-10-4-2-5-11-21;1-3-7-15(8-4-1)19-17-11-13-18(14-12-17)20-16-9-5-2-6-10-16;1-6-3-2-4-7(8)5-6/h2-19,26H,1H3;1-14,19-20H;2-5H,1H3. The number of anilines is 9. The monoisotopic (exact) mass is 828 g/mol. The second-order valence-corrected chi connectivity index (χ2v) is 14.2. The van der Waals surface area contributed by atoms with E-state index in [1.54, 1.807) is 0 Å². The molecule has 8 rings (SSSR count). The van der Waals surface area contributed by atoms with Crippen LogP contribution in [0.1, 0.15) is 11.1 Å². The smallest absolute Gasteiger partial charge is 0.0464 e. The minimum atomic E-state index is 1.07. The van der Waals surface area contributed by atoms with E-state index in [9.17, 15) is 0 Å². The Kier molecular flexibility index (Phi) is 14.1. The number of aryl methyl sites for hydroxylation is 2. The molecule has 0 atom stereocenters. The molecule has 272 valence electrons. The largest absolute Gasteiger partial charge is 0.356 e. The Labute approximate surface area is 339 Å². The molecule has 0 fully saturated rings. The Hall–Kier alpha value is -6.31. The summed E-state index contributed by atoms with van der Waals surface area (Å²) in [6.45, 7) is 4.22. The van der Waals surface area contributed by atoms with Crippen molar-refractivity contribution in [3.05, 3.63) is 233 Å². The fourth-order valence-electron chi connectivity index (χ4n) is 5.79. The molecule has 0 aliphatic rings. The van der Waals surface area contributed by atoms with Crippen molar-refractivity contribution < 1.29 is 0 Å².